The highest BCUT2D eigenvalue weighted by Gasteiger charge is 2.28. The third-order valence-corrected chi connectivity index (χ3v) is 6.79. The summed E-state index contributed by atoms with van der Waals surface area (Å²) in [4.78, 5) is 0.224. The van der Waals surface area contributed by atoms with Gasteiger partial charge in [-0.3, -0.25) is 4.68 Å². The summed E-state index contributed by atoms with van der Waals surface area (Å²) in [6.07, 6.45) is 0. The number of aromatic nitrogens is 4. The molecule has 150 valence electrons. The van der Waals surface area contributed by atoms with E-state index in [0.717, 1.165) is 29.2 Å². The van der Waals surface area contributed by atoms with E-state index in [4.69, 9.17) is 0 Å². The summed E-state index contributed by atoms with van der Waals surface area (Å²) in [7, 11) is -3.76. The number of para-hydroxylation sites is 1. The molecule has 1 aromatic carbocycles. The van der Waals surface area contributed by atoms with Gasteiger partial charge in [-0.1, -0.05) is 18.2 Å². The Hall–Kier alpha value is -2.45. The van der Waals surface area contributed by atoms with E-state index in [1.165, 1.54) is 0 Å². The summed E-state index contributed by atoms with van der Waals surface area (Å²) < 4.78 is 32.8. The minimum absolute atomic E-state index is 0.224. The third kappa shape index (κ3) is 3.49. The summed E-state index contributed by atoms with van der Waals surface area (Å²) >= 11 is 0. The molecular weight excluding hydrogens is 374 g/mol. The molecule has 1 N–H and O–H groups in total. The van der Waals surface area contributed by atoms with Crippen LogP contribution in [0.25, 0.3) is 5.69 Å². The first kappa shape index (κ1) is 20.3. The van der Waals surface area contributed by atoms with Crippen LogP contribution in [0.5, 0.6) is 0 Å². The second-order valence-corrected chi connectivity index (χ2v) is 8.64. The van der Waals surface area contributed by atoms with Crippen LogP contribution in [0.1, 0.15) is 48.2 Å². The quantitative estimate of drug-likeness (QED) is 0.687. The standard InChI is InChI=1S/C20H27N5O2S/c1-7-24-16(5)19(13(2)21-24)14(3)23-28(26,27)20-15(4)22-25(17(20)6)18-11-9-8-10-12-18/h8-12,14,23H,7H2,1-6H3/t14-/m0/s1. The largest absolute Gasteiger partial charge is 0.270 e. The Morgan fingerprint density at radius 2 is 1.64 bits per heavy atom. The van der Waals surface area contributed by atoms with Gasteiger partial charge in [-0.25, -0.2) is 17.8 Å². The van der Waals surface area contributed by atoms with Crippen LogP contribution in [0, 0.1) is 27.7 Å². The molecule has 3 aromatic rings. The van der Waals surface area contributed by atoms with Crippen molar-refractivity contribution >= 4 is 10.0 Å². The van der Waals surface area contributed by atoms with Crippen molar-refractivity contribution in [3.05, 3.63) is 58.7 Å². The molecule has 28 heavy (non-hydrogen) atoms. The van der Waals surface area contributed by atoms with Gasteiger partial charge in [0.1, 0.15) is 4.90 Å². The Kier molecular flexibility index (Phi) is 5.45. The van der Waals surface area contributed by atoms with Crippen LogP contribution in [0.3, 0.4) is 0 Å². The zero-order chi connectivity index (χ0) is 20.6. The van der Waals surface area contributed by atoms with Crippen molar-refractivity contribution in [1.82, 2.24) is 24.3 Å². The van der Waals surface area contributed by atoms with Crippen LogP contribution >= 0.6 is 0 Å². The van der Waals surface area contributed by atoms with Crippen molar-refractivity contribution in [2.24, 2.45) is 0 Å². The Morgan fingerprint density at radius 3 is 2.21 bits per heavy atom. The van der Waals surface area contributed by atoms with Gasteiger partial charge in [-0.15, -0.1) is 0 Å². The number of rotatable bonds is 6. The van der Waals surface area contributed by atoms with E-state index in [-0.39, 0.29) is 4.90 Å². The maximum Gasteiger partial charge on any atom is 0.244 e. The fourth-order valence-electron chi connectivity index (χ4n) is 3.83. The summed E-state index contributed by atoms with van der Waals surface area (Å²) in [5.74, 6) is 0. The van der Waals surface area contributed by atoms with Crippen LogP contribution in [0.15, 0.2) is 35.2 Å². The van der Waals surface area contributed by atoms with Crippen molar-refractivity contribution in [3.8, 4) is 5.69 Å². The monoisotopic (exact) mass is 401 g/mol. The number of benzene rings is 1. The fourth-order valence-corrected chi connectivity index (χ4v) is 5.44. The molecule has 1 atom stereocenters. The van der Waals surface area contributed by atoms with Crippen LogP contribution in [-0.4, -0.2) is 28.0 Å². The summed E-state index contributed by atoms with van der Waals surface area (Å²) in [6.45, 7) is 12.0. The molecule has 8 heteroatoms. The second kappa shape index (κ2) is 7.52. The van der Waals surface area contributed by atoms with Gasteiger partial charge in [0, 0.05) is 23.8 Å². The van der Waals surface area contributed by atoms with Crippen LogP contribution in [0.2, 0.25) is 0 Å². The lowest BCUT2D eigenvalue weighted by Crippen LogP contribution is -2.28. The molecule has 0 saturated heterocycles. The number of nitrogens with zero attached hydrogens (tertiary/aromatic N) is 4. The van der Waals surface area contributed by atoms with E-state index in [1.807, 2.05) is 62.7 Å². The van der Waals surface area contributed by atoms with Gasteiger partial charge in [0.15, 0.2) is 0 Å². The lowest BCUT2D eigenvalue weighted by atomic mass is 10.1. The van der Waals surface area contributed by atoms with E-state index in [9.17, 15) is 8.42 Å². The summed E-state index contributed by atoms with van der Waals surface area (Å²) in [5.41, 5.74) is 4.61. The van der Waals surface area contributed by atoms with Crippen molar-refractivity contribution in [2.75, 3.05) is 0 Å². The number of nitrogens with one attached hydrogen (secondary N) is 1. The zero-order valence-electron chi connectivity index (χ0n) is 17.2. The van der Waals surface area contributed by atoms with Gasteiger partial charge < -0.3 is 0 Å². The highest BCUT2D eigenvalue weighted by atomic mass is 32.2. The molecule has 0 amide bonds. The second-order valence-electron chi connectivity index (χ2n) is 6.99. The molecule has 2 heterocycles. The van der Waals surface area contributed by atoms with Gasteiger partial charge in [0.2, 0.25) is 10.0 Å². The van der Waals surface area contributed by atoms with E-state index < -0.39 is 16.1 Å². The summed E-state index contributed by atoms with van der Waals surface area (Å²) in [5, 5.41) is 8.96. The molecule has 0 radical (unpaired) electrons. The Morgan fingerprint density at radius 1 is 1.00 bits per heavy atom. The van der Waals surface area contributed by atoms with Crippen molar-refractivity contribution in [3.63, 3.8) is 0 Å². The van der Waals surface area contributed by atoms with Gasteiger partial charge in [-0.05, 0) is 53.7 Å². The molecule has 0 fully saturated rings. The molecule has 7 nitrogen and oxygen atoms in total. The molecule has 0 bridgehead atoms. The average Bonchev–Trinajstić information content (AvgIpc) is 3.10. The lowest BCUT2D eigenvalue weighted by Gasteiger charge is -2.15. The minimum Gasteiger partial charge on any atom is -0.270 e. The SMILES string of the molecule is CCn1nc(C)c([C@H](C)NS(=O)(=O)c2c(C)nn(-c3ccccc3)c2C)c1C. The molecule has 0 aliphatic heterocycles. The number of hydrogen-bond donors (Lipinski definition) is 1. The number of sulfonamides is 1. The van der Waals surface area contributed by atoms with E-state index in [0.29, 0.717) is 11.4 Å². The van der Waals surface area contributed by atoms with E-state index in [2.05, 4.69) is 14.9 Å². The molecule has 0 aliphatic carbocycles. The van der Waals surface area contributed by atoms with Crippen molar-refractivity contribution in [1.29, 1.82) is 0 Å². The molecule has 3 rings (SSSR count). The Labute approximate surface area is 166 Å². The van der Waals surface area contributed by atoms with Crippen LogP contribution in [-0.2, 0) is 16.6 Å². The van der Waals surface area contributed by atoms with Gasteiger partial charge in [0.05, 0.1) is 22.8 Å². The molecule has 0 aliphatic rings. The highest BCUT2D eigenvalue weighted by Crippen LogP contribution is 2.27. The predicted molar refractivity (Wildman–Crippen MR) is 109 cm³/mol. The Bertz CT molecular complexity index is 1100. The van der Waals surface area contributed by atoms with Gasteiger partial charge >= 0.3 is 0 Å². The Balaban J connectivity index is 1.98. The zero-order valence-corrected chi connectivity index (χ0v) is 18.0. The van der Waals surface area contributed by atoms with Crippen molar-refractivity contribution < 1.29 is 8.42 Å². The van der Waals surface area contributed by atoms with Crippen LogP contribution in [0.4, 0.5) is 0 Å². The molecule has 0 unspecified atom stereocenters. The van der Waals surface area contributed by atoms with E-state index >= 15 is 0 Å². The fraction of sp³-hybridized carbons (Fsp3) is 0.400. The number of hydrogen-bond acceptors (Lipinski definition) is 4. The van der Waals surface area contributed by atoms with Gasteiger partial charge in [0.25, 0.3) is 0 Å². The molecule has 0 spiro atoms. The van der Waals surface area contributed by atoms with Gasteiger partial charge in [-0.2, -0.15) is 10.2 Å². The minimum atomic E-state index is -3.76. The van der Waals surface area contributed by atoms with E-state index in [1.54, 1.807) is 18.5 Å². The topological polar surface area (TPSA) is 81.8 Å². The first-order chi connectivity index (χ1) is 13.2. The molecular formula is C20H27N5O2S. The first-order valence-electron chi connectivity index (χ1n) is 9.35. The van der Waals surface area contributed by atoms with Crippen LogP contribution < -0.4 is 4.72 Å². The maximum atomic E-state index is 13.2. The smallest absolute Gasteiger partial charge is 0.244 e. The van der Waals surface area contributed by atoms with Crippen molar-refractivity contribution in [2.45, 2.75) is 59.0 Å². The maximum absolute atomic E-state index is 13.2. The highest BCUT2D eigenvalue weighted by molar-refractivity contribution is 7.89. The molecule has 2 aromatic heterocycles. The average molecular weight is 402 g/mol. The number of aryl methyl sites for hydroxylation is 3. The third-order valence-electron chi connectivity index (χ3n) is 5.00. The normalized spacial score (nSPS) is 13.1. The first-order valence-corrected chi connectivity index (χ1v) is 10.8. The predicted octanol–water partition coefficient (Wildman–Crippen LogP) is 3.36. The lowest BCUT2D eigenvalue weighted by molar-refractivity contribution is 0.564. The molecule has 0 saturated carbocycles. The summed E-state index contributed by atoms with van der Waals surface area (Å²) in [6, 6.07) is 9.12.